The molecule has 0 radical (unpaired) electrons. The van der Waals surface area contributed by atoms with Crippen LogP contribution in [0.5, 0.6) is 0 Å². The number of aromatic nitrogens is 1. The molecule has 31 heavy (non-hydrogen) atoms. The molecule has 1 unspecified atom stereocenters. The van der Waals surface area contributed by atoms with Gasteiger partial charge in [0, 0.05) is 61.9 Å². The fourth-order valence-electron chi connectivity index (χ4n) is 4.69. The van der Waals surface area contributed by atoms with Gasteiger partial charge in [-0.05, 0) is 18.9 Å². The third-order valence-electron chi connectivity index (χ3n) is 6.24. The lowest BCUT2D eigenvalue weighted by Crippen LogP contribution is -2.51. The number of rotatable bonds is 7. The highest BCUT2D eigenvalue weighted by molar-refractivity contribution is 5.90. The van der Waals surface area contributed by atoms with Crippen LogP contribution in [-0.4, -0.2) is 93.1 Å². The van der Waals surface area contributed by atoms with E-state index in [-0.39, 0.29) is 12.5 Å². The van der Waals surface area contributed by atoms with Gasteiger partial charge in [0.25, 0.3) is 0 Å². The number of para-hydroxylation sites is 1. The molecule has 1 aromatic carbocycles. The lowest BCUT2D eigenvalue weighted by Gasteiger charge is -2.37. The summed E-state index contributed by atoms with van der Waals surface area (Å²) in [6.07, 6.45) is 3.78. The molecule has 4 rings (SSSR count). The highest BCUT2D eigenvalue weighted by Gasteiger charge is 2.33. The number of carboxylic acid groups (broad SMARTS) is 2. The van der Waals surface area contributed by atoms with E-state index >= 15 is 0 Å². The van der Waals surface area contributed by atoms with Gasteiger partial charge in [0.05, 0.1) is 6.54 Å². The van der Waals surface area contributed by atoms with Crippen LogP contribution in [0.1, 0.15) is 24.4 Å². The molecule has 2 aliphatic heterocycles. The zero-order valence-electron chi connectivity index (χ0n) is 17.4. The number of amides is 1. The van der Waals surface area contributed by atoms with Crippen LogP contribution in [-0.2, 0) is 20.9 Å². The smallest absolute Gasteiger partial charge is 0.325 e. The zero-order chi connectivity index (χ0) is 22.0. The van der Waals surface area contributed by atoms with E-state index in [2.05, 4.69) is 4.90 Å². The van der Waals surface area contributed by atoms with E-state index in [1.807, 2.05) is 34.1 Å². The maximum atomic E-state index is 12.4. The third kappa shape index (κ3) is 4.57. The van der Waals surface area contributed by atoms with E-state index in [1.165, 1.54) is 0 Å². The summed E-state index contributed by atoms with van der Waals surface area (Å²) in [6.45, 7) is 4.13. The van der Waals surface area contributed by atoms with E-state index < -0.39 is 18.0 Å². The van der Waals surface area contributed by atoms with Crippen molar-refractivity contribution in [1.82, 2.24) is 19.3 Å². The minimum atomic E-state index is -0.976. The van der Waals surface area contributed by atoms with Crippen LogP contribution in [0.4, 0.5) is 0 Å². The van der Waals surface area contributed by atoms with Crippen LogP contribution in [0, 0.1) is 0 Å². The predicted molar refractivity (Wildman–Crippen MR) is 114 cm³/mol. The summed E-state index contributed by atoms with van der Waals surface area (Å²) >= 11 is 0. The zero-order valence-corrected chi connectivity index (χ0v) is 17.4. The molecule has 1 amide bonds. The Morgan fingerprint density at radius 1 is 0.903 bits per heavy atom. The molecule has 166 valence electrons. The molecular weight excluding hydrogens is 400 g/mol. The molecule has 0 aliphatic carbocycles. The van der Waals surface area contributed by atoms with Crippen LogP contribution in [0.3, 0.4) is 0 Å². The number of benzene rings is 1. The number of carbonyl (C=O) groups is 3. The summed E-state index contributed by atoms with van der Waals surface area (Å²) in [4.78, 5) is 41.9. The highest BCUT2D eigenvalue weighted by atomic mass is 16.4. The quantitative estimate of drug-likeness (QED) is 0.680. The average Bonchev–Trinajstić information content (AvgIpc) is 3.39. The van der Waals surface area contributed by atoms with Gasteiger partial charge in [-0.3, -0.25) is 24.2 Å². The third-order valence-corrected chi connectivity index (χ3v) is 6.24. The molecule has 3 heterocycles. The van der Waals surface area contributed by atoms with Crippen LogP contribution >= 0.6 is 0 Å². The van der Waals surface area contributed by atoms with Crippen molar-refractivity contribution in [2.24, 2.45) is 0 Å². The summed E-state index contributed by atoms with van der Waals surface area (Å²) in [5.74, 6) is -1.78. The number of hydrogen-bond donors (Lipinski definition) is 2. The highest BCUT2D eigenvalue weighted by Crippen LogP contribution is 2.31. The van der Waals surface area contributed by atoms with Gasteiger partial charge < -0.3 is 19.7 Å². The van der Waals surface area contributed by atoms with Crippen molar-refractivity contribution >= 4 is 28.7 Å². The number of carboxylic acids is 2. The van der Waals surface area contributed by atoms with Gasteiger partial charge >= 0.3 is 11.9 Å². The van der Waals surface area contributed by atoms with Crippen molar-refractivity contribution in [3.63, 3.8) is 0 Å². The Morgan fingerprint density at radius 2 is 1.58 bits per heavy atom. The Balaban J connectivity index is 1.50. The lowest BCUT2D eigenvalue weighted by atomic mass is 10.0. The molecule has 0 saturated carbocycles. The molecule has 2 saturated heterocycles. The van der Waals surface area contributed by atoms with Crippen molar-refractivity contribution in [2.45, 2.75) is 25.4 Å². The van der Waals surface area contributed by atoms with Gasteiger partial charge in [-0.15, -0.1) is 0 Å². The van der Waals surface area contributed by atoms with E-state index in [0.29, 0.717) is 43.8 Å². The fourth-order valence-corrected chi connectivity index (χ4v) is 4.69. The fraction of sp³-hybridized carbons (Fsp3) is 0.500. The Hall–Kier alpha value is -2.91. The van der Waals surface area contributed by atoms with Crippen molar-refractivity contribution < 1.29 is 24.6 Å². The molecule has 2 aliphatic rings. The Morgan fingerprint density at radius 3 is 2.23 bits per heavy atom. The largest absolute Gasteiger partial charge is 0.480 e. The van der Waals surface area contributed by atoms with E-state index in [4.69, 9.17) is 0 Å². The molecule has 1 atom stereocenters. The molecule has 0 spiro atoms. The monoisotopic (exact) mass is 428 g/mol. The van der Waals surface area contributed by atoms with Gasteiger partial charge in [-0.25, -0.2) is 0 Å². The van der Waals surface area contributed by atoms with Gasteiger partial charge in [0.15, 0.2) is 0 Å². The average molecular weight is 428 g/mol. The summed E-state index contributed by atoms with van der Waals surface area (Å²) in [6, 6.07) is 6.43. The number of likely N-dealkylation sites (tertiary alicyclic amines) is 1. The summed E-state index contributed by atoms with van der Waals surface area (Å²) in [5, 5.41) is 20.0. The second-order valence-electron chi connectivity index (χ2n) is 8.26. The van der Waals surface area contributed by atoms with Crippen LogP contribution in [0.25, 0.3) is 10.9 Å². The van der Waals surface area contributed by atoms with Gasteiger partial charge in [0.2, 0.25) is 5.91 Å². The topological polar surface area (TPSA) is 106 Å². The summed E-state index contributed by atoms with van der Waals surface area (Å²) in [5.41, 5.74) is 1.31. The van der Waals surface area contributed by atoms with Crippen molar-refractivity contribution in [1.29, 1.82) is 0 Å². The normalized spacial score (nSPS) is 19.0. The first-order valence-corrected chi connectivity index (χ1v) is 10.7. The number of aliphatic carboxylic acids is 2. The first kappa shape index (κ1) is 21.3. The molecule has 9 heteroatoms. The van der Waals surface area contributed by atoms with Crippen molar-refractivity contribution in [3.8, 4) is 0 Å². The van der Waals surface area contributed by atoms with Crippen molar-refractivity contribution in [2.75, 3.05) is 45.8 Å². The Kier molecular flexibility index (Phi) is 6.24. The molecule has 0 bridgehead atoms. The number of piperazine rings is 1. The second-order valence-corrected chi connectivity index (χ2v) is 8.26. The molecule has 1 aromatic heterocycles. The molecule has 2 aromatic rings. The maximum Gasteiger partial charge on any atom is 0.325 e. The predicted octanol–water partition coefficient (Wildman–Crippen LogP) is 1.09. The van der Waals surface area contributed by atoms with Crippen LogP contribution in [0.2, 0.25) is 0 Å². The number of carbonyl (C=O) groups excluding carboxylic acids is 1. The van der Waals surface area contributed by atoms with E-state index in [9.17, 15) is 24.6 Å². The van der Waals surface area contributed by atoms with E-state index in [0.717, 1.165) is 31.3 Å². The summed E-state index contributed by atoms with van der Waals surface area (Å²) < 4.78 is 1.59. The summed E-state index contributed by atoms with van der Waals surface area (Å²) in [7, 11) is 0. The number of nitrogens with zero attached hydrogens (tertiary/aromatic N) is 4. The minimum absolute atomic E-state index is 0.150. The molecule has 9 nitrogen and oxygen atoms in total. The number of fused-ring (bicyclic) bond motifs is 1. The standard InChI is InChI=1S/C22H28N4O5/c27-19(24-7-3-4-8-24)14-23-9-11-25(12-10-23)21(22(30)31)17-13-26(15-20(28)29)18-6-2-1-5-16(17)18/h1-2,5-6,13,21H,3-4,7-12,14-15H2,(H,28,29)(H,30,31). The van der Waals surface area contributed by atoms with Crippen LogP contribution in [0.15, 0.2) is 30.5 Å². The maximum absolute atomic E-state index is 12.4. The van der Waals surface area contributed by atoms with Crippen LogP contribution < -0.4 is 0 Å². The molecule has 2 N–H and O–H groups in total. The van der Waals surface area contributed by atoms with Gasteiger partial charge in [-0.1, -0.05) is 18.2 Å². The molecular formula is C22H28N4O5. The first-order chi connectivity index (χ1) is 14.9. The second kappa shape index (κ2) is 9.07. The molecule has 2 fully saturated rings. The van der Waals surface area contributed by atoms with Gasteiger partial charge in [-0.2, -0.15) is 0 Å². The van der Waals surface area contributed by atoms with Crippen molar-refractivity contribution in [3.05, 3.63) is 36.0 Å². The van der Waals surface area contributed by atoms with E-state index in [1.54, 1.807) is 10.8 Å². The number of hydrogen-bond acceptors (Lipinski definition) is 5. The SMILES string of the molecule is O=C(O)Cn1cc(C(C(=O)O)N2CCN(CC(=O)N3CCCC3)CC2)c2ccccc21. The lowest BCUT2D eigenvalue weighted by molar-refractivity contribution is -0.145. The van der Waals surface area contributed by atoms with Gasteiger partial charge in [0.1, 0.15) is 12.6 Å². The minimum Gasteiger partial charge on any atom is -0.480 e. The Labute approximate surface area is 180 Å². The Bertz CT molecular complexity index is 973. The first-order valence-electron chi connectivity index (χ1n) is 10.7.